The third-order valence-corrected chi connectivity index (χ3v) is 8.47. The molecule has 4 aliphatic carbocycles. The lowest BCUT2D eigenvalue weighted by atomic mass is 9.50. The SMILES string of the molecule is C[C@]12CC[C@H]3[C@@H](CC[C@@H]4CC5(CC[C@@H]43)OCCO5)[C@@H]1CCC2=O. The van der Waals surface area contributed by atoms with Crippen LogP contribution in [0.15, 0.2) is 0 Å². The lowest BCUT2D eigenvalue weighted by Crippen LogP contribution is -2.51. The van der Waals surface area contributed by atoms with Crippen LogP contribution in [0, 0.1) is 35.0 Å². The zero-order valence-electron chi connectivity index (χ0n) is 14.4. The zero-order chi connectivity index (χ0) is 15.7. The summed E-state index contributed by atoms with van der Waals surface area (Å²) in [5.74, 6) is 4.39. The topological polar surface area (TPSA) is 35.5 Å². The van der Waals surface area contributed by atoms with Crippen LogP contribution >= 0.6 is 0 Å². The molecule has 3 heteroatoms. The molecule has 1 heterocycles. The molecule has 0 aromatic carbocycles. The Labute approximate surface area is 139 Å². The highest BCUT2D eigenvalue weighted by molar-refractivity contribution is 5.87. The van der Waals surface area contributed by atoms with E-state index in [-0.39, 0.29) is 11.2 Å². The van der Waals surface area contributed by atoms with Gasteiger partial charge in [-0.15, -0.1) is 0 Å². The summed E-state index contributed by atoms with van der Waals surface area (Å²) in [6, 6.07) is 0. The molecule has 4 saturated carbocycles. The quantitative estimate of drug-likeness (QED) is 0.678. The normalized spacial score (nSPS) is 51.3. The fourth-order valence-electron chi connectivity index (χ4n) is 7.36. The molecule has 5 rings (SSSR count). The Morgan fingerprint density at radius 3 is 2.52 bits per heavy atom. The van der Waals surface area contributed by atoms with Crippen LogP contribution in [0.5, 0.6) is 0 Å². The molecule has 1 aliphatic heterocycles. The van der Waals surface area contributed by atoms with Crippen LogP contribution in [0.4, 0.5) is 0 Å². The number of rotatable bonds is 0. The predicted octanol–water partition coefficient (Wildman–Crippen LogP) is 3.95. The van der Waals surface area contributed by atoms with Crippen LogP contribution < -0.4 is 0 Å². The van der Waals surface area contributed by atoms with Gasteiger partial charge >= 0.3 is 0 Å². The molecule has 0 radical (unpaired) electrons. The second-order valence-electron chi connectivity index (χ2n) is 9.20. The van der Waals surface area contributed by atoms with Gasteiger partial charge in [0.1, 0.15) is 5.78 Å². The minimum absolute atomic E-state index is 0.0293. The minimum atomic E-state index is -0.222. The Balaban J connectivity index is 1.37. The maximum Gasteiger partial charge on any atom is 0.168 e. The van der Waals surface area contributed by atoms with E-state index in [2.05, 4.69) is 6.92 Å². The largest absolute Gasteiger partial charge is 0.348 e. The van der Waals surface area contributed by atoms with E-state index in [9.17, 15) is 4.79 Å². The molecule has 23 heavy (non-hydrogen) atoms. The van der Waals surface area contributed by atoms with Crippen molar-refractivity contribution in [1.29, 1.82) is 0 Å². The van der Waals surface area contributed by atoms with Crippen LogP contribution in [-0.4, -0.2) is 24.8 Å². The molecule has 1 saturated heterocycles. The number of Topliss-reactive ketones (excluding diaryl/α,β-unsaturated/α-hetero) is 1. The summed E-state index contributed by atoms with van der Waals surface area (Å²) < 4.78 is 12.0. The van der Waals surface area contributed by atoms with Crippen LogP contribution in [0.3, 0.4) is 0 Å². The molecule has 0 bridgehead atoms. The van der Waals surface area contributed by atoms with Gasteiger partial charge < -0.3 is 9.47 Å². The number of fused-ring (bicyclic) bond motifs is 5. The summed E-state index contributed by atoms with van der Waals surface area (Å²) in [5, 5.41) is 0. The van der Waals surface area contributed by atoms with Crippen molar-refractivity contribution in [3.05, 3.63) is 0 Å². The maximum atomic E-state index is 12.4. The molecule has 0 unspecified atom stereocenters. The Morgan fingerprint density at radius 2 is 1.70 bits per heavy atom. The van der Waals surface area contributed by atoms with E-state index < -0.39 is 0 Å². The molecule has 0 N–H and O–H groups in total. The van der Waals surface area contributed by atoms with Gasteiger partial charge in [0.15, 0.2) is 5.79 Å². The molecular weight excluding hydrogens is 288 g/mol. The fourth-order valence-corrected chi connectivity index (χ4v) is 7.36. The highest BCUT2D eigenvalue weighted by Crippen LogP contribution is 2.62. The maximum absolute atomic E-state index is 12.4. The summed E-state index contributed by atoms with van der Waals surface area (Å²) >= 11 is 0. The number of hydrogen-bond donors (Lipinski definition) is 0. The number of ether oxygens (including phenoxy) is 2. The van der Waals surface area contributed by atoms with Crippen LogP contribution in [0.25, 0.3) is 0 Å². The molecule has 0 aromatic heterocycles. The summed E-state index contributed by atoms with van der Waals surface area (Å²) in [6.45, 7) is 3.85. The molecule has 5 fully saturated rings. The molecule has 0 aromatic rings. The Kier molecular flexibility index (Phi) is 3.27. The lowest BCUT2D eigenvalue weighted by molar-refractivity contribution is -0.208. The average Bonchev–Trinajstić information content (AvgIpc) is 3.12. The highest BCUT2D eigenvalue weighted by atomic mass is 16.7. The van der Waals surface area contributed by atoms with Gasteiger partial charge in [-0.25, -0.2) is 0 Å². The Bertz CT molecular complexity index is 509. The summed E-state index contributed by atoms with van der Waals surface area (Å²) in [5.41, 5.74) is 0.0293. The van der Waals surface area contributed by atoms with E-state index >= 15 is 0 Å². The lowest BCUT2D eigenvalue weighted by Gasteiger charge is -2.55. The van der Waals surface area contributed by atoms with Crippen molar-refractivity contribution in [2.24, 2.45) is 35.0 Å². The van der Waals surface area contributed by atoms with Gasteiger partial charge in [0, 0.05) is 24.7 Å². The van der Waals surface area contributed by atoms with E-state index in [1.807, 2.05) is 0 Å². The van der Waals surface area contributed by atoms with E-state index in [0.717, 1.165) is 62.6 Å². The summed E-state index contributed by atoms with van der Waals surface area (Å²) in [6.07, 6.45) is 10.6. The first-order valence-electron chi connectivity index (χ1n) is 9.93. The van der Waals surface area contributed by atoms with Crippen molar-refractivity contribution >= 4 is 5.78 Å². The van der Waals surface area contributed by atoms with Crippen molar-refractivity contribution < 1.29 is 14.3 Å². The Morgan fingerprint density at radius 1 is 0.913 bits per heavy atom. The smallest absolute Gasteiger partial charge is 0.168 e. The number of carbonyl (C=O) groups is 1. The van der Waals surface area contributed by atoms with Gasteiger partial charge in [-0.2, -0.15) is 0 Å². The van der Waals surface area contributed by atoms with Crippen molar-refractivity contribution in [3.63, 3.8) is 0 Å². The molecule has 0 amide bonds. The number of carbonyl (C=O) groups excluding carboxylic acids is 1. The van der Waals surface area contributed by atoms with Crippen molar-refractivity contribution in [3.8, 4) is 0 Å². The van der Waals surface area contributed by atoms with Gasteiger partial charge in [0.05, 0.1) is 13.2 Å². The highest BCUT2D eigenvalue weighted by Gasteiger charge is 2.58. The van der Waals surface area contributed by atoms with E-state index in [0.29, 0.717) is 11.7 Å². The molecular formula is C20H30O3. The number of hydrogen-bond acceptors (Lipinski definition) is 3. The van der Waals surface area contributed by atoms with Gasteiger partial charge in [0.25, 0.3) is 0 Å². The zero-order valence-corrected chi connectivity index (χ0v) is 14.4. The second kappa shape index (κ2) is 5.05. The first-order chi connectivity index (χ1) is 11.1. The van der Waals surface area contributed by atoms with Crippen LogP contribution in [0.1, 0.15) is 64.7 Å². The average molecular weight is 318 g/mol. The molecule has 3 nitrogen and oxygen atoms in total. The molecule has 5 aliphatic rings. The van der Waals surface area contributed by atoms with E-state index in [4.69, 9.17) is 9.47 Å². The molecule has 1 spiro atoms. The van der Waals surface area contributed by atoms with Crippen LogP contribution in [-0.2, 0) is 14.3 Å². The van der Waals surface area contributed by atoms with Crippen LogP contribution in [0.2, 0.25) is 0 Å². The van der Waals surface area contributed by atoms with Crippen molar-refractivity contribution in [1.82, 2.24) is 0 Å². The standard InChI is InChI=1S/C20H30O3/c1-19-8-6-15-14-7-9-20(22-10-11-23-20)12-13(14)2-3-16(15)17(19)4-5-18(19)21/h13-17H,2-12H2,1H3/t13-,14+,15-,16-,17+,19+/m1/s1. The van der Waals surface area contributed by atoms with Gasteiger partial charge in [-0.05, 0) is 68.1 Å². The second-order valence-corrected chi connectivity index (χ2v) is 9.20. The van der Waals surface area contributed by atoms with Gasteiger partial charge in [0.2, 0.25) is 0 Å². The van der Waals surface area contributed by atoms with Crippen molar-refractivity contribution in [2.75, 3.05) is 13.2 Å². The fraction of sp³-hybridized carbons (Fsp3) is 0.950. The molecule has 6 atom stereocenters. The van der Waals surface area contributed by atoms with Crippen molar-refractivity contribution in [2.45, 2.75) is 70.5 Å². The summed E-state index contributed by atoms with van der Waals surface area (Å²) in [4.78, 5) is 12.4. The number of ketones is 1. The Hall–Kier alpha value is -0.410. The molecule has 128 valence electrons. The van der Waals surface area contributed by atoms with Gasteiger partial charge in [-0.3, -0.25) is 4.79 Å². The monoisotopic (exact) mass is 318 g/mol. The third kappa shape index (κ3) is 2.05. The van der Waals surface area contributed by atoms with Gasteiger partial charge in [-0.1, -0.05) is 6.92 Å². The first-order valence-corrected chi connectivity index (χ1v) is 9.93. The van der Waals surface area contributed by atoms with E-state index in [1.54, 1.807) is 0 Å². The third-order valence-electron chi connectivity index (χ3n) is 8.47. The van der Waals surface area contributed by atoms with E-state index in [1.165, 1.54) is 32.1 Å². The first kappa shape index (κ1) is 14.9. The minimum Gasteiger partial charge on any atom is -0.348 e. The summed E-state index contributed by atoms with van der Waals surface area (Å²) in [7, 11) is 0. The predicted molar refractivity (Wildman–Crippen MR) is 86.8 cm³/mol.